The summed E-state index contributed by atoms with van der Waals surface area (Å²) >= 11 is 0. The minimum Gasteiger partial charge on any atom is -0.508 e. The van der Waals surface area contributed by atoms with Crippen molar-refractivity contribution in [3.05, 3.63) is 23.3 Å². The highest BCUT2D eigenvalue weighted by Gasteiger charge is 2.06. The molecule has 1 unspecified atom stereocenters. The summed E-state index contributed by atoms with van der Waals surface area (Å²) in [5.74, 6) is 0.354. The molecule has 0 heterocycles. The molecule has 1 rings (SSSR count). The molecule has 1 aromatic rings. The molecule has 90 valence electrons. The first kappa shape index (κ1) is 12.8. The summed E-state index contributed by atoms with van der Waals surface area (Å²) < 4.78 is 5.04. The van der Waals surface area contributed by atoms with Crippen LogP contribution in [0.15, 0.2) is 12.1 Å². The number of hydrogen-bond acceptors (Lipinski definition) is 3. The van der Waals surface area contributed by atoms with E-state index in [4.69, 9.17) is 4.74 Å². The van der Waals surface area contributed by atoms with Gasteiger partial charge in [0.2, 0.25) is 0 Å². The molecule has 0 aliphatic carbocycles. The van der Waals surface area contributed by atoms with Crippen LogP contribution in [0.25, 0.3) is 0 Å². The summed E-state index contributed by atoms with van der Waals surface area (Å²) in [4.78, 5) is 0. The van der Waals surface area contributed by atoms with Crippen molar-refractivity contribution >= 4 is 5.69 Å². The van der Waals surface area contributed by atoms with Gasteiger partial charge in [0.05, 0.1) is 0 Å². The molecule has 1 atom stereocenters. The maximum absolute atomic E-state index is 9.55. The van der Waals surface area contributed by atoms with Crippen LogP contribution in [0.4, 0.5) is 5.69 Å². The topological polar surface area (TPSA) is 41.5 Å². The number of anilines is 1. The number of methoxy groups -OCH3 is 1. The Morgan fingerprint density at radius 2 is 2.00 bits per heavy atom. The van der Waals surface area contributed by atoms with Gasteiger partial charge in [-0.25, -0.2) is 0 Å². The van der Waals surface area contributed by atoms with Crippen LogP contribution in [0.2, 0.25) is 0 Å². The van der Waals surface area contributed by atoms with E-state index in [0.29, 0.717) is 11.8 Å². The van der Waals surface area contributed by atoms with Crippen molar-refractivity contribution in [2.75, 3.05) is 19.0 Å². The lowest BCUT2D eigenvalue weighted by Crippen LogP contribution is -2.17. The Morgan fingerprint density at radius 1 is 1.31 bits per heavy atom. The Morgan fingerprint density at radius 3 is 2.62 bits per heavy atom. The second-order valence-corrected chi connectivity index (χ2v) is 4.28. The highest BCUT2D eigenvalue weighted by molar-refractivity contribution is 5.57. The Kier molecular flexibility index (Phi) is 4.62. The molecule has 3 nitrogen and oxygen atoms in total. The average molecular weight is 223 g/mol. The second kappa shape index (κ2) is 5.75. The monoisotopic (exact) mass is 223 g/mol. The molecule has 0 saturated carbocycles. The Labute approximate surface area is 97.4 Å². The number of aryl methyl sites for hydroxylation is 2. The SMILES string of the molecule is COCCC(C)Nc1cc(C)c(O)cc1C. The van der Waals surface area contributed by atoms with E-state index >= 15 is 0 Å². The molecule has 2 N–H and O–H groups in total. The Hall–Kier alpha value is -1.22. The van der Waals surface area contributed by atoms with E-state index in [1.165, 1.54) is 0 Å². The normalized spacial score (nSPS) is 12.5. The quantitative estimate of drug-likeness (QED) is 0.754. The number of phenolic OH excluding ortho intramolecular Hbond substituents is 1. The first-order valence-corrected chi connectivity index (χ1v) is 5.60. The lowest BCUT2D eigenvalue weighted by molar-refractivity contribution is 0.191. The van der Waals surface area contributed by atoms with Crippen molar-refractivity contribution in [2.24, 2.45) is 0 Å². The van der Waals surface area contributed by atoms with Gasteiger partial charge in [-0.15, -0.1) is 0 Å². The number of phenols is 1. The van der Waals surface area contributed by atoms with Crippen molar-refractivity contribution in [1.29, 1.82) is 0 Å². The summed E-state index contributed by atoms with van der Waals surface area (Å²) in [7, 11) is 1.71. The Balaban J connectivity index is 2.69. The predicted octanol–water partition coefficient (Wildman–Crippen LogP) is 2.85. The number of nitrogens with one attached hydrogen (secondary N) is 1. The summed E-state index contributed by atoms with van der Waals surface area (Å²) in [6.07, 6.45) is 0.968. The van der Waals surface area contributed by atoms with E-state index in [1.807, 2.05) is 19.9 Å². The lowest BCUT2D eigenvalue weighted by Gasteiger charge is -2.17. The lowest BCUT2D eigenvalue weighted by atomic mass is 10.1. The molecule has 1 aromatic carbocycles. The van der Waals surface area contributed by atoms with Crippen LogP contribution in [0.3, 0.4) is 0 Å². The molecule has 0 aliphatic rings. The highest BCUT2D eigenvalue weighted by Crippen LogP contribution is 2.25. The van der Waals surface area contributed by atoms with Gasteiger partial charge in [-0.2, -0.15) is 0 Å². The van der Waals surface area contributed by atoms with Gasteiger partial charge in [0.25, 0.3) is 0 Å². The molecule has 0 saturated heterocycles. The predicted molar refractivity (Wildman–Crippen MR) is 67.2 cm³/mol. The average Bonchev–Trinajstić information content (AvgIpc) is 2.23. The van der Waals surface area contributed by atoms with Gasteiger partial charge in [-0.3, -0.25) is 0 Å². The van der Waals surface area contributed by atoms with Gasteiger partial charge in [0, 0.05) is 25.4 Å². The minimum atomic E-state index is 0.354. The first-order valence-electron chi connectivity index (χ1n) is 5.60. The number of aromatic hydroxyl groups is 1. The molecule has 0 amide bonds. The first-order chi connectivity index (χ1) is 7.54. The zero-order valence-corrected chi connectivity index (χ0v) is 10.5. The van der Waals surface area contributed by atoms with Gasteiger partial charge < -0.3 is 15.2 Å². The van der Waals surface area contributed by atoms with Crippen LogP contribution in [-0.2, 0) is 4.74 Å². The van der Waals surface area contributed by atoms with Crippen molar-refractivity contribution in [2.45, 2.75) is 33.2 Å². The van der Waals surface area contributed by atoms with Crippen LogP contribution in [0.5, 0.6) is 5.75 Å². The van der Waals surface area contributed by atoms with Crippen LogP contribution < -0.4 is 5.32 Å². The molecule has 0 radical (unpaired) electrons. The van der Waals surface area contributed by atoms with Crippen molar-refractivity contribution in [3.8, 4) is 5.75 Å². The summed E-state index contributed by atoms with van der Waals surface area (Å²) in [5, 5.41) is 13.0. The molecule has 3 heteroatoms. The van der Waals surface area contributed by atoms with E-state index < -0.39 is 0 Å². The number of benzene rings is 1. The van der Waals surface area contributed by atoms with Gasteiger partial charge in [0.1, 0.15) is 5.75 Å². The highest BCUT2D eigenvalue weighted by atomic mass is 16.5. The van der Waals surface area contributed by atoms with Gasteiger partial charge in [-0.05, 0) is 50.5 Å². The molecule has 16 heavy (non-hydrogen) atoms. The van der Waals surface area contributed by atoms with Crippen molar-refractivity contribution in [3.63, 3.8) is 0 Å². The van der Waals surface area contributed by atoms with Gasteiger partial charge in [0.15, 0.2) is 0 Å². The minimum absolute atomic E-state index is 0.354. The number of ether oxygens (including phenoxy) is 1. The molecule has 0 bridgehead atoms. The van der Waals surface area contributed by atoms with Crippen LogP contribution in [0.1, 0.15) is 24.5 Å². The maximum atomic E-state index is 9.55. The van der Waals surface area contributed by atoms with Gasteiger partial charge in [-0.1, -0.05) is 0 Å². The summed E-state index contributed by atoms with van der Waals surface area (Å²) in [6, 6.07) is 4.14. The van der Waals surface area contributed by atoms with E-state index in [0.717, 1.165) is 29.8 Å². The third-order valence-electron chi connectivity index (χ3n) is 2.70. The van der Waals surface area contributed by atoms with E-state index in [2.05, 4.69) is 12.2 Å². The van der Waals surface area contributed by atoms with E-state index in [9.17, 15) is 5.11 Å². The zero-order chi connectivity index (χ0) is 12.1. The molecule has 0 fully saturated rings. The number of hydrogen-bond donors (Lipinski definition) is 2. The molecule has 0 spiro atoms. The fourth-order valence-electron chi connectivity index (χ4n) is 1.59. The summed E-state index contributed by atoms with van der Waals surface area (Å²) in [5.41, 5.74) is 3.04. The molecule has 0 aromatic heterocycles. The zero-order valence-electron chi connectivity index (χ0n) is 10.5. The van der Waals surface area contributed by atoms with E-state index in [-0.39, 0.29) is 0 Å². The van der Waals surface area contributed by atoms with Crippen molar-refractivity contribution in [1.82, 2.24) is 0 Å². The number of rotatable bonds is 5. The molecular formula is C13H21NO2. The second-order valence-electron chi connectivity index (χ2n) is 4.28. The van der Waals surface area contributed by atoms with Gasteiger partial charge >= 0.3 is 0 Å². The van der Waals surface area contributed by atoms with Crippen LogP contribution >= 0.6 is 0 Å². The maximum Gasteiger partial charge on any atom is 0.118 e. The largest absolute Gasteiger partial charge is 0.508 e. The van der Waals surface area contributed by atoms with Crippen molar-refractivity contribution < 1.29 is 9.84 Å². The standard InChI is InChI=1S/C13H21NO2/c1-9-8-13(15)10(2)7-12(9)14-11(3)5-6-16-4/h7-8,11,14-15H,5-6H2,1-4H3. The van der Waals surface area contributed by atoms with Crippen LogP contribution in [-0.4, -0.2) is 24.9 Å². The van der Waals surface area contributed by atoms with E-state index in [1.54, 1.807) is 13.2 Å². The third-order valence-corrected chi connectivity index (χ3v) is 2.70. The summed E-state index contributed by atoms with van der Waals surface area (Å²) in [6.45, 7) is 6.77. The Bertz CT molecular complexity index is 350. The fraction of sp³-hybridized carbons (Fsp3) is 0.538. The smallest absolute Gasteiger partial charge is 0.118 e. The van der Waals surface area contributed by atoms with Crippen LogP contribution in [0, 0.1) is 13.8 Å². The molecule has 0 aliphatic heterocycles. The third kappa shape index (κ3) is 3.42. The fourth-order valence-corrected chi connectivity index (χ4v) is 1.59. The molecular weight excluding hydrogens is 202 g/mol.